The molecule has 0 spiro atoms. The van der Waals surface area contributed by atoms with Crippen LogP contribution in [0.25, 0.3) is 0 Å². The largest absolute Gasteiger partial charge is 0.459 e. The van der Waals surface area contributed by atoms with E-state index in [2.05, 4.69) is 0 Å². The zero-order valence-electron chi connectivity index (χ0n) is 10.4. The molecule has 1 amide bonds. The molecule has 1 aromatic carbocycles. The smallest absolute Gasteiger partial charge is 0.408 e. The number of halogens is 3. The number of carbonyl (C=O) groups excluding carboxylic acids is 1. The van der Waals surface area contributed by atoms with Crippen LogP contribution < -0.4 is 5.32 Å². The van der Waals surface area contributed by atoms with Crippen LogP contribution in [-0.4, -0.2) is 18.1 Å². The first-order valence-electron chi connectivity index (χ1n) is 5.92. The number of carbonyl (C=O) groups is 1. The Morgan fingerprint density at radius 2 is 1.85 bits per heavy atom. The zero-order chi connectivity index (χ0) is 14.6. The summed E-state index contributed by atoms with van der Waals surface area (Å²) < 4.78 is 43.7. The Hall–Kier alpha value is -2.24. The standard InChI is InChI=1S/C14H12F3NO2/c15-14(16,17)12(9-10-5-2-1-3-6-10)18-13(19)11-7-4-8-20-11/h1-8,12H,9H2,(H,18,19)/t12-/m0/s1. The number of furan rings is 1. The molecule has 1 atom stereocenters. The third-order valence-electron chi connectivity index (χ3n) is 2.73. The fraction of sp³-hybridized carbons (Fsp3) is 0.214. The van der Waals surface area contributed by atoms with Gasteiger partial charge in [0.1, 0.15) is 6.04 Å². The van der Waals surface area contributed by atoms with Gasteiger partial charge in [-0.1, -0.05) is 30.3 Å². The Morgan fingerprint density at radius 1 is 1.15 bits per heavy atom. The first-order chi connectivity index (χ1) is 9.47. The third-order valence-corrected chi connectivity index (χ3v) is 2.73. The lowest BCUT2D eigenvalue weighted by molar-refractivity contribution is -0.153. The molecule has 20 heavy (non-hydrogen) atoms. The molecule has 106 valence electrons. The molecule has 0 unspecified atom stereocenters. The molecule has 1 N–H and O–H groups in total. The lowest BCUT2D eigenvalue weighted by Gasteiger charge is -2.21. The molecule has 0 saturated carbocycles. The second kappa shape index (κ2) is 5.81. The van der Waals surface area contributed by atoms with Crippen molar-refractivity contribution in [1.29, 1.82) is 0 Å². The summed E-state index contributed by atoms with van der Waals surface area (Å²) in [7, 11) is 0. The molecular weight excluding hydrogens is 271 g/mol. The van der Waals surface area contributed by atoms with Gasteiger partial charge in [-0.05, 0) is 17.7 Å². The molecule has 0 fully saturated rings. The monoisotopic (exact) mass is 283 g/mol. The predicted molar refractivity (Wildman–Crippen MR) is 66.2 cm³/mol. The number of amides is 1. The van der Waals surface area contributed by atoms with E-state index in [1.807, 2.05) is 5.32 Å². The quantitative estimate of drug-likeness (QED) is 0.936. The number of rotatable bonds is 4. The summed E-state index contributed by atoms with van der Waals surface area (Å²) in [5, 5.41) is 1.95. The van der Waals surface area contributed by atoms with Crippen molar-refractivity contribution in [1.82, 2.24) is 5.32 Å². The van der Waals surface area contributed by atoms with Crippen molar-refractivity contribution in [2.75, 3.05) is 0 Å². The van der Waals surface area contributed by atoms with Crippen LogP contribution in [-0.2, 0) is 6.42 Å². The van der Waals surface area contributed by atoms with E-state index in [-0.39, 0.29) is 12.2 Å². The van der Waals surface area contributed by atoms with Crippen LogP contribution in [0.15, 0.2) is 53.1 Å². The normalized spacial score (nSPS) is 12.9. The molecule has 0 bridgehead atoms. The molecule has 1 aromatic heterocycles. The summed E-state index contributed by atoms with van der Waals surface area (Å²) in [6.07, 6.45) is -3.62. The van der Waals surface area contributed by atoms with Crippen LogP contribution in [0.1, 0.15) is 16.1 Å². The molecule has 0 aliphatic heterocycles. The van der Waals surface area contributed by atoms with Gasteiger partial charge in [0, 0.05) is 6.42 Å². The van der Waals surface area contributed by atoms with Gasteiger partial charge in [-0.3, -0.25) is 4.79 Å². The van der Waals surface area contributed by atoms with Gasteiger partial charge in [0.25, 0.3) is 5.91 Å². The van der Waals surface area contributed by atoms with Crippen molar-refractivity contribution in [3.8, 4) is 0 Å². The van der Waals surface area contributed by atoms with Crippen molar-refractivity contribution in [3.05, 3.63) is 60.1 Å². The predicted octanol–water partition coefficient (Wildman–Crippen LogP) is 3.18. The summed E-state index contributed by atoms with van der Waals surface area (Å²) >= 11 is 0. The number of hydrogen-bond donors (Lipinski definition) is 1. The minimum Gasteiger partial charge on any atom is -0.459 e. The maximum absolute atomic E-state index is 13.0. The Balaban J connectivity index is 2.11. The van der Waals surface area contributed by atoms with Gasteiger partial charge >= 0.3 is 6.18 Å². The van der Waals surface area contributed by atoms with Crippen LogP contribution in [0.4, 0.5) is 13.2 Å². The molecule has 6 heteroatoms. The van der Waals surface area contributed by atoms with Crippen LogP contribution in [0.5, 0.6) is 0 Å². The Bertz CT molecular complexity index is 550. The fourth-order valence-electron chi connectivity index (χ4n) is 1.74. The van der Waals surface area contributed by atoms with Crippen LogP contribution in [0.3, 0.4) is 0 Å². The Kier molecular flexibility index (Phi) is 4.12. The van der Waals surface area contributed by atoms with E-state index < -0.39 is 18.1 Å². The number of alkyl halides is 3. The van der Waals surface area contributed by atoms with E-state index in [9.17, 15) is 18.0 Å². The van der Waals surface area contributed by atoms with E-state index in [1.165, 1.54) is 18.4 Å². The minimum atomic E-state index is -4.53. The van der Waals surface area contributed by atoms with Crippen molar-refractivity contribution in [3.63, 3.8) is 0 Å². The van der Waals surface area contributed by atoms with Gasteiger partial charge in [-0.25, -0.2) is 0 Å². The van der Waals surface area contributed by atoms with Gasteiger partial charge < -0.3 is 9.73 Å². The second-order valence-corrected chi connectivity index (χ2v) is 4.23. The third kappa shape index (κ3) is 3.63. The summed E-state index contributed by atoms with van der Waals surface area (Å²) in [6.45, 7) is 0. The van der Waals surface area contributed by atoms with Gasteiger partial charge in [-0.15, -0.1) is 0 Å². The highest BCUT2D eigenvalue weighted by molar-refractivity contribution is 5.91. The first kappa shape index (κ1) is 14.2. The van der Waals surface area contributed by atoms with Crippen molar-refractivity contribution < 1.29 is 22.4 Å². The molecular formula is C14H12F3NO2. The lowest BCUT2D eigenvalue weighted by Crippen LogP contribution is -2.46. The zero-order valence-corrected chi connectivity index (χ0v) is 10.4. The molecule has 3 nitrogen and oxygen atoms in total. The highest BCUT2D eigenvalue weighted by atomic mass is 19.4. The summed E-state index contributed by atoms with van der Waals surface area (Å²) in [4.78, 5) is 11.6. The van der Waals surface area contributed by atoms with E-state index in [1.54, 1.807) is 30.3 Å². The topological polar surface area (TPSA) is 42.2 Å². The molecule has 2 rings (SSSR count). The van der Waals surface area contributed by atoms with E-state index in [0.29, 0.717) is 5.56 Å². The van der Waals surface area contributed by atoms with Crippen molar-refractivity contribution in [2.45, 2.75) is 18.6 Å². The SMILES string of the molecule is O=C(N[C@@H](Cc1ccccc1)C(F)(F)F)c1ccco1. The maximum atomic E-state index is 13.0. The average molecular weight is 283 g/mol. The van der Waals surface area contributed by atoms with E-state index in [4.69, 9.17) is 4.42 Å². The maximum Gasteiger partial charge on any atom is 0.408 e. The number of nitrogens with one attached hydrogen (secondary N) is 1. The molecule has 0 radical (unpaired) electrons. The summed E-state index contributed by atoms with van der Waals surface area (Å²) in [5.74, 6) is -1.03. The molecule has 2 aromatic rings. The van der Waals surface area contributed by atoms with Gasteiger partial charge in [0.2, 0.25) is 0 Å². The fourth-order valence-corrected chi connectivity index (χ4v) is 1.74. The number of benzene rings is 1. The lowest BCUT2D eigenvalue weighted by atomic mass is 10.1. The van der Waals surface area contributed by atoms with Gasteiger partial charge in [0.05, 0.1) is 6.26 Å². The summed E-state index contributed by atoms with van der Waals surface area (Å²) in [5.41, 5.74) is 0.495. The molecule has 0 saturated heterocycles. The van der Waals surface area contributed by atoms with E-state index in [0.717, 1.165) is 0 Å². The van der Waals surface area contributed by atoms with Crippen molar-refractivity contribution in [2.24, 2.45) is 0 Å². The number of hydrogen-bond acceptors (Lipinski definition) is 2. The first-order valence-corrected chi connectivity index (χ1v) is 5.92. The van der Waals surface area contributed by atoms with Crippen LogP contribution in [0, 0.1) is 0 Å². The van der Waals surface area contributed by atoms with Gasteiger partial charge in [0.15, 0.2) is 5.76 Å². The summed E-state index contributed by atoms with van der Waals surface area (Å²) in [6, 6.07) is 8.97. The minimum absolute atomic E-state index is 0.146. The Morgan fingerprint density at radius 3 is 2.40 bits per heavy atom. The molecule has 0 aliphatic rings. The van der Waals surface area contributed by atoms with Crippen LogP contribution in [0.2, 0.25) is 0 Å². The second-order valence-electron chi connectivity index (χ2n) is 4.23. The highest BCUT2D eigenvalue weighted by Gasteiger charge is 2.40. The molecule has 1 heterocycles. The average Bonchev–Trinajstić information content (AvgIpc) is 2.92. The van der Waals surface area contributed by atoms with Gasteiger partial charge in [-0.2, -0.15) is 13.2 Å². The van der Waals surface area contributed by atoms with E-state index >= 15 is 0 Å². The van der Waals surface area contributed by atoms with Crippen LogP contribution >= 0.6 is 0 Å². The highest BCUT2D eigenvalue weighted by Crippen LogP contribution is 2.23. The molecule has 0 aliphatic carbocycles. The Labute approximate surface area is 113 Å². The van der Waals surface area contributed by atoms with Crippen molar-refractivity contribution >= 4 is 5.91 Å².